The molecule has 2 aromatic heterocycles. The third kappa shape index (κ3) is 3.41. The smallest absolute Gasteiger partial charge is 0.137 e. The summed E-state index contributed by atoms with van der Waals surface area (Å²) in [4.78, 5) is 12.7. The standard InChI is InChI=1S/C14H17ClN4/c1-3-5-11-13(15)18-9-19-14(11)17-8-12-10(2)6-4-7-16-12/h4,6-7,9H,3,5,8H2,1-2H3,(H,17,18,19). The highest BCUT2D eigenvalue weighted by atomic mass is 35.5. The molecule has 0 atom stereocenters. The van der Waals surface area contributed by atoms with Crippen LogP contribution in [0.3, 0.4) is 0 Å². The van der Waals surface area contributed by atoms with Crippen molar-refractivity contribution in [2.45, 2.75) is 33.2 Å². The van der Waals surface area contributed by atoms with Crippen LogP contribution in [0.5, 0.6) is 0 Å². The summed E-state index contributed by atoms with van der Waals surface area (Å²) in [7, 11) is 0. The summed E-state index contributed by atoms with van der Waals surface area (Å²) in [5.41, 5.74) is 3.15. The maximum atomic E-state index is 6.11. The fraction of sp³-hybridized carbons (Fsp3) is 0.357. The normalized spacial score (nSPS) is 10.5. The van der Waals surface area contributed by atoms with E-state index in [1.54, 1.807) is 6.20 Å². The van der Waals surface area contributed by atoms with E-state index in [9.17, 15) is 0 Å². The van der Waals surface area contributed by atoms with Crippen LogP contribution in [0.4, 0.5) is 5.82 Å². The fourth-order valence-electron chi connectivity index (χ4n) is 1.89. The van der Waals surface area contributed by atoms with E-state index in [0.717, 1.165) is 35.5 Å². The fourth-order valence-corrected chi connectivity index (χ4v) is 2.11. The number of hydrogen-bond acceptors (Lipinski definition) is 4. The highest BCUT2D eigenvalue weighted by Crippen LogP contribution is 2.21. The second-order valence-corrected chi connectivity index (χ2v) is 4.72. The van der Waals surface area contributed by atoms with Crippen LogP contribution >= 0.6 is 11.6 Å². The van der Waals surface area contributed by atoms with Crippen LogP contribution in [0.1, 0.15) is 30.2 Å². The van der Waals surface area contributed by atoms with Gasteiger partial charge in [0.05, 0.1) is 12.2 Å². The minimum Gasteiger partial charge on any atom is -0.364 e. The molecule has 0 saturated heterocycles. The second kappa shape index (κ2) is 6.48. The van der Waals surface area contributed by atoms with Crippen molar-refractivity contribution in [2.24, 2.45) is 0 Å². The van der Waals surface area contributed by atoms with E-state index in [0.29, 0.717) is 11.7 Å². The van der Waals surface area contributed by atoms with E-state index in [4.69, 9.17) is 11.6 Å². The Labute approximate surface area is 118 Å². The molecule has 0 aliphatic heterocycles. The van der Waals surface area contributed by atoms with Crippen molar-refractivity contribution in [3.8, 4) is 0 Å². The molecule has 4 nitrogen and oxygen atoms in total. The molecule has 0 unspecified atom stereocenters. The molecule has 100 valence electrons. The van der Waals surface area contributed by atoms with E-state index in [1.165, 1.54) is 6.33 Å². The highest BCUT2D eigenvalue weighted by Gasteiger charge is 2.09. The number of hydrogen-bond donors (Lipinski definition) is 1. The van der Waals surface area contributed by atoms with Crippen molar-refractivity contribution in [1.82, 2.24) is 15.0 Å². The lowest BCUT2D eigenvalue weighted by molar-refractivity contribution is 0.893. The van der Waals surface area contributed by atoms with Gasteiger partial charge in [0.1, 0.15) is 17.3 Å². The van der Waals surface area contributed by atoms with Crippen LogP contribution in [-0.2, 0) is 13.0 Å². The van der Waals surface area contributed by atoms with Gasteiger partial charge in [0, 0.05) is 11.8 Å². The minimum atomic E-state index is 0.525. The number of aromatic nitrogens is 3. The van der Waals surface area contributed by atoms with Gasteiger partial charge in [-0.15, -0.1) is 0 Å². The zero-order chi connectivity index (χ0) is 13.7. The van der Waals surface area contributed by atoms with Crippen molar-refractivity contribution in [1.29, 1.82) is 0 Å². The summed E-state index contributed by atoms with van der Waals surface area (Å²) in [5.74, 6) is 0.798. The summed E-state index contributed by atoms with van der Waals surface area (Å²) in [6, 6.07) is 3.98. The summed E-state index contributed by atoms with van der Waals surface area (Å²) < 4.78 is 0. The predicted molar refractivity (Wildman–Crippen MR) is 77.3 cm³/mol. The molecule has 0 aromatic carbocycles. The molecule has 0 amide bonds. The Morgan fingerprint density at radius 3 is 2.84 bits per heavy atom. The van der Waals surface area contributed by atoms with Crippen LogP contribution < -0.4 is 5.32 Å². The second-order valence-electron chi connectivity index (χ2n) is 4.36. The maximum absolute atomic E-state index is 6.11. The van der Waals surface area contributed by atoms with Gasteiger partial charge in [-0.1, -0.05) is 31.0 Å². The number of aryl methyl sites for hydroxylation is 1. The van der Waals surface area contributed by atoms with Gasteiger partial charge < -0.3 is 5.32 Å². The lowest BCUT2D eigenvalue weighted by atomic mass is 10.2. The number of nitrogens with one attached hydrogen (secondary N) is 1. The van der Waals surface area contributed by atoms with E-state index < -0.39 is 0 Å². The lowest BCUT2D eigenvalue weighted by Crippen LogP contribution is -2.08. The molecule has 0 spiro atoms. The monoisotopic (exact) mass is 276 g/mol. The zero-order valence-electron chi connectivity index (χ0n) is 11.2. The van der Waals surface area contributed by atoms with Crippen molar-refractivity contribution in [3.05, 3.63) is 46.6 Å². The minimum absolute atomic E-state index is 0.525. The number of anilines is 1. The van der Waals surface area contributed by atoms with Crippen LogP contribution in [0.2, 0.25) is 5.15 Å². The molecule has 2 aromatic rings. The number of pyridine rings is 1. The van der Waals surface area contributed by atoms with E-state index in [-0.39, 0.29) is 0 Å². The van der Waals surface area contributed by atoms with Crippen molar-refractivity contribution in [3.63, 3.8) is 0 Å². The predicted octanol–water partition coefficient (Wildman–Crippen LogP) is 3.40. The molecule has 19 heavy (non-hydrogen) atoms. The van der Waals surface area contributed by atoms with E-state index in [1.807, 2.05) is 19.1 Å². The molecule has 0 aliphatic carbocycles. The number of rotatable bonds is 5. The van der Waals surface area contributed by atoms with Crippen LogP contribution in [0.25, 0.3) is 0 Å². The van der Waals surface area contributed by atoms with Crippen LogP contribution in [-0.4, -0.2) is 15.0 Å². The van der Waals surface area contributed by atoms with Gasteiger partial charge in [-0.3, -0.25) is 4.98 Å². The van der Waals surface area contributed by atoms with Crippen molar-refractivity contribution in [2.75, 3.05) is 5.32 Å². The molecule has 2 heterocycles. The molecule has 5 heteroatoms. The Balaban J connectivity index is 2.16. The van der Waals surface area contributed by atoms with Crippen LogP contribution in [0.15, 0.2) is 24.7 Å². The van der Waals surface area contributed by atoms with Gasteiger partial charge in [-0.05, 0) is 25.0 Å². The van der Waals surface area contributed by atoms with Gasteiger partial charge in [0.15, 0.2) is 0 Å². The van der Waals surface area contributed by atoms with Gasteiger partial charge in [0.25, 0.3) is 0 Å². The first kappa shape index (κ1) is 13.7. The maximum Gasteiger partial charge on any atom is 0.137 e. The highest BCUT2D eigenvalue weighted by molar-refractivity contribution is 6.30. The van der Waals surface area contributed by atoms with Gasteiger partial charge >= 0.3 is 0 Å². The Morgan fingerprint density at radius 2 is 2.11 bits per heavy atom. The Kier molecular flexibility index (Phi) is 4.68. The zero-order valence-corrected chi connectivity index (χ0v) is 11.9. The van der Waals surface area contributed by atoms with Crippen molar-refractivity contribution >= 4 is 17.4 Å². The molecular weight excluding hydrogens is 260 g/mol. The topological polar surface area (TPSA) is 50.7 Å². The van der Waals surface area contributed by atoms with Gasteiger partial charge in [0.2, 0.25) is 0 Å². The molecular formula is C14H17ClN4. The summed E-state index contributed by atoms with van der Waals surface area (Å²) in [6.07, 6.45) is 5.15. The Bertz CT molecular complexity index is 557. The van der Waals surface area contributed by atoms with Crippen molar-refractivity contribution < 1.29 is 0 Å². The Hall–Kier alpha value is -1.68. The molecule has 0 saturated carbocycles. The molecule has 0 fully saturated rings. The third-order valence-corrected chi connectivity index (χ3v) is 3.26. The largest absolute Gasteiger partial charge is 0.364 e. The van der Waals surface area contributed by atoms with Gasteiger partial charge in [-0.2, -0.15) is 0 Å². The SMILES string of the molecule is CCCc1c(Cl)ncnc1NCc1ncccc1C. The number of nitrogens with zero attached hydrogens (tertiary/aromatic N) is 3. The lowest BCUT2D eigenvalue weighted by Gasteiger charge is -2.11. The quantitative estimate of drug-likeness (QED) is 0.851. The van der Waals surface area contributed by atoms with E-state index >= 15 is 0 Å². The Morgan fingerprint density at radius 1 is 1.26 bits per heavy atom. The first-order valence-electron chi connectivity index (χ1n) is 6.36. The first-order valence-corrected chi connectivity index (χ1v) is 6.74. The first-order chi connectivity index (χ1) is 9.22. The summed E-state index contributed by atoms with van der Waals surface area (Å²) in [5, 5.41) is 3.82. The van der Waals surface area contributed by atoms with Crippen LogP contribution in [0, 0.1) is 6.92 Å². The molecule has 1 N–H and O–H groups in total. The molecule has 0 radical (unpaired) electrons. The summed E-state index contributed by atoms with van der Waals surface area (Å²) in [6.45, 7) is 4.79. The molecule has 2 rings (SSSR count). The molecule has 0 bridgehead atoms. The third-order valence-electron chi connectivity index (χ3n) is 2.93. The number of halogens is 1. The average molecular weight is 277 g/mol. The van der Waals surface area contributed by atoms with Gasteiger partial charge in [-0.25, -0.2) is 9.97 Å². The molecule has 0 aliphatic rings. The summed E-state index contributed by atoms with van der Waals surface area (Å²) >= 11 is 6.11. The average Bonchev–Trinajstić information content (AvgIpc) is 2.41. The van der Waals surface area contributed by atoms with E-state index in [2.05, 4.69) is 27.2 Å².